The van der Waals surface area contributed by atoms with Gasteiger partial charge in [-0.15, -0.1) is 11.6 Å². The van der Waals surface area contributed by atoms with E-state index in [2.05, 4.69) is 43.1 Å². The van der Waals surface area contributed by atoms with Crippen molar-refractivity contribution in [1.82, 2.24) is 10.2 Å². The van der Waals surface area contributed by atoms with Crippen molar-refractivity contribution in [3.63, 3.8) is 0 Å². The van der Waals surface area contributed by atoms with E-state index in [-0.39, 0.29) is 33.7 Å². The molecule has 37 heavy (non-hydrogen) atoms. The molecule has 4 unspecified atom stereocenters. The van der Waals surface area contributed by atoms with E-state index in [1.54, 1.807) is 23.9 Å². The first-order valence-electron chi connectivity index (χ1n) is 12.5. The molecule has 4 atom stereocenters. The Bertz CT molecular complexity index is 1100. The number of nitrogens with one attached hydrogen (secondary N) is 1. The Morgan fingerprint density at radius 3 is 2.78 bits per heavy atom. The number of ether oxygens (including phenoxy) is 1. The highest BCUT2D eigenvalue weighted by molar-refractivity contribution is 8.39. The van der Waals surface area contributed by atoms with Crippen molar-refractivity contribution in [2.75, 3.05) is 38.5 Å². The van der Waals surface area contributed by atoms with Gasteiger partial charge >= 0.3 is 5.97 Å². The quantitative estimate of drug-likeness (QED) is 0.441. The highest BCUT2D eigenvalue weighted by atomic mass is 35.5. The van der Waals surface area contributed by atoms with Crippen LogP contribution < -0.4 is 5.32 Å². The van der Waals surface area contributed by atoms with Crippen molar-refractivity contribution in [2.24, 2.45) is 4.99 Å². The Kier molecular flexibility index (Phi) is 9.45. The summed E-state index contributed by atoms with van der Waals surface area (Å²) in [6.07, 6.45) is 5.11. The van der Waals surface area contributed by atoms with Crippen molar-refractivity contribution >= 4 is 51.4 Å². The number of thioether (sulfide) groups is 2. The number of hydrogen-bond acceptors (Lipinski definition) is 7. The van der Waals surface area contributed by atoms with Gasteiger partial charge in [0.1, 0.15) is 4.38 Å². The molecule has 1 aromatic carbocycles. The standard InChI is InChI=1S/C27H34ClN3O4S2/c1-17-4-5-19(12-27(17,3)28)14-31-10-11-35-22(15-31)13-29-23(32)16-36-26-30-24(18(2)37-26)20-6-8-21(9-7-20)25(33)34/h4-9,18,22,24H,10-16H2,1-3H3,(H,29,32)(H,33,34). The number of alkyl halides is 1. The van der Waals surface area contributed by atoms with E-state index in [9.17, 15) is 9.59 Å². The lowest BCUT2D eigenvalue weighted by Gasteiger charge is -2.35. The van der Waals surface area contributed by atoms with Crippen LogP contribution in [0.15, 0.2) is 52.6 Å². The van der Waals surface area contributed by atoms with Crippen molar-refractivity contribution in [3.8, 4) is 0 Å². The Balaban J connectivity index is 1.20. The number of hydrogen-bond donors (Lipinski definition) is 2. The average Bonchev–Trinajstić information content (AvgIpc) is 3.24. The topological polar surface area (TPSA) is 91.2 Å². The maximum Gasteiger partial charge on any atom is 0.335 e. The Hall–Kier alpha value is -1.78. The van der Waals surface area contributed by atoms with Crippen LogP contribution in [0.25, 0.3) is 0 Å². The summed E-state index contributed by atoms with van der Waals surface area (Å²) in [5.74, 6) is -0.679. The molecular formula is C27H34ClN3O4S2. The van der Waals surface area contributed by atoms with E-state index in [4.69, 9.17) is 26.4 Å². The highest BCUT2D eigenvalue weighted by Crippen LogP contribution is 2.41. The van der Waals surface area contributed by atoms with Crippen molar-refractivity contribution in [3.05, 3.63) is 58.7 Å². The third kappa shape index (κ3) is 7.63. The molecular weight excluding hydrogens is 530 g/mol. The van der Waals surface area contributed by atoms with E-state index >= 15 is 0 Å². The van der Waals surface area contributed by atoms with Crippen LogP contribution in [0, 0.1) is 0 Å². The Morgan fingerprint density at radius 1 is 1.32 bits per heavy atom. The molecule has 0 bridgehead atoms. The zero-order chi connectivity index (χ0) is 26.6. The molecule has 1 saturated heterocycles. The van der Waals surface area contributed by atoms with E-state index in [0.29, 0.717) is 18.9 Å². The van der Waals surface area contributed by atoms with Gasteiger partial charge < -0.3 is 15.2 Å². The van der Waals surface area contributed by atoms with Gasteiger partial charge in [0, 0.05) is 31.4 Å². The molecule has 200 valence electrons. The molecule has 10 heteroatoms. The van der Waals surface area contributed by atoms with Gasteiger partial charge in [-0.2, -0.15) is 0 Å². The number of allylic oxidation sites excluding steroid dienone is 3. The lowest BCUT2D eigenvalue weighted by molar-refractivity contribution is -0.119. The molecule has 1 aliphatic carbocycles. The summed E-state index contributed by atoms with van der Waals surface area (Å²) in [6, 6.07) is 6.81. The van der Waals surface area contributed by atoms with Crippen LogP contribution in [0.3, 0.4) is 0 Å². The second kappa shape index (κ2) is 12.4. The summed E-state index contributed by atoms with van der Waals surface area (Å²) in [5.41, 5.74) is 3.76. The van der Waals surface area contributed by atoms with Crippen LogP contribution in [0.2, 0.25) is 0 Å². The first-order chi connectivity index (χ1) is 17.6. The van der Waals surface area contributed by atoms with Crippen LogP contribution >= 0.6 is 35.1 Å². The van der Waals surface area contributed by atoms with E-state index < -0.39 is 5.97 Å². The highest BCUT2D eigenvalue weighted by Gasteiger charge is 2.30. The van der Waals surface area contributed by atoms with E-state index in [1.165, 1.54) is 22.9 Å². The number of aromatic carboxylic acids is 1. The maximum atomic E-state index is 12.5. The van der Waals surface area contributed by atoms with Crippen LogP contribution in [0.5, 0.6) is 0 Å². The predicted molar refractivity (Wildman–Crippen MR) is 153 cm³/mol. The number of morpholine rings is 1. The number of carboxylic acids is 1. The van der Waals surface area contributed by atoms with Crippen LogP contribution in [-0.4, -0.2) is 81.0 Å². The normalized spacial score (nSPS) is 28.3. The number of amides is 1. The zero-order valence-corrected chi connectivity index (χ0v) is 23.8. The van der Waals surface area contributed by atoms with Gasteiger partial charge in [-0.05, 0) is 38.0 Å². The summed E-state index contributed by atoms with van der Waals surface area (Å²) in [4.78, 5) is 30.5. The minimum atomic E-state index is -0.939. The molecule has 1 aromatic rings. The molecule has 0 radical (unpaired) electrons. The molecule has 0 spiro atoms. The van der Waals surface area contributed by atoms with Crippen LogP contribution in [0.4, 0.5) is 0 Å². The van der Waals surface area contributed by atoms with E-state index in [0.717, 1.165) is 36.0 Å². The maximum absolute atomic E-state index is 12.5. The lowest BCUT2D eigenvalue weighted by atomic mass is 9.88. The van der Waals surface area contributed by atoms with Crippen LogP contribution in [-0.2, 0) is 9.53 Å². The number of benzene rings is 1. The fourth-order valence-corrected chi connectivity index (χ4v) is 7.13. The molecule has 0 aromatic heterocycles. The zero-order valence-electron chi connectivity index (χ0n) is 21.4. The number of carbonyl (C=O) groups excluding carboxylic acids is 1. The number of rotatable bonds is 8. The molecule has 2 heterocycles. The average molecular weight is 564 g/mol. The van der Waals surface area contributed by atoms with Gasteiger partial charge in [-0.3, -0.25) is 14.7 Å². The molecule has 1 fully saturated rings. The molecule has 2 N–H and O–H groups in total. The minimum Gasteiger partial charge on any atom is -0.478 e. The number of nitrogens with zero attached hydrogens (tertiary/aromatic N) is 2. The number of halogens is 1. The minimum absolute atomic E-state index is 0.0376. The number of aliphatic imine (C=N–C) groups is 1. The number of carboxylic acid groups (broad SMARTS) is 1. The molecule has 4 rings (SSSR count). The number of carbonyl (C=O) groups is 2. The third-order valence-electron chi connectivity index (χ3n) is 6.93. The van der Waals surface area contributed by atoms with Gasteiger partial charge in [-0.25, -0.2) is 4.79 Å². The molecule has 7 nitrogen and oxygen atoms in total. The summed E-state index contributed by atoms with van der Waals surface area (Å²) < 4.78 is 6.78. The molecule has 3 aliphatic rings. The fraction of sp³-hybridized carbons (Fsp3) is 0.519. The van der Waals surface area contributed by atoms with Crippen LogP contribution in [0.1, 0.15) is 49.2 Å². The Morgan fingerprint density at radius 2 is 2.08 bits per heavy atom. The van der Waals surface area contributed by atoms with Crippen molar-refractivity contribution < 1.29 is 19.4 Å². The monoisotopic (exact) mass is 563 g/mol. The van der Waals surface area contributed by atoms with Gasteiger partial charge in [0.05, 0.1) is 34.9 Å². The lowest BCUT2D eigenvalue weighted by Crippen LogP contribution is -2.48. The van der Waals surface area contributed by atoms with Gasteiger partial charge in [-0.1, -0.05) is 65.9 Å². The summed E-state index contributed by atoms with van der Waals surface area (Å²) in [6.45, 7) is 9.88. The first kappa shape index (κ1) is 28.2. The second-order valence-electron chi connectivity index (χ2n) is 9.96. The molecule has 0 saturated carbocycles. The van der Waals surface area contributed by atoms with Crippen molar-refractivity contribution in [1.29, 1.82) is 0 Å². The SMILES string of the molecule is CC1=CC=C(CN2CCOC(CNC(=O)CSC3=NC(c4ccc(C(=O)O)cc4)C(C)S3)C2)CC1(C)Cl. The summed E-state index contributed by atoms with van der Waals surface area (Å²) in [7, 11) is 0. The third-order valence-corrected chi connectivity index (χ3v) is 9.70. The fourth-order valence-electron chi connectivity index (χ4n) is 4.60. The van der Waals surface area contributed by atoms with Gasteiger partial charge in [0.2, 0.25) is 5.91 Å². The van der Waals surface area contributed by atoms with Gasteiger partial charge in [0.15, 0.2) is 0 Å². The largest absolute Gasteiger partial charge is 0.478 e. The van der Waals surface area contributed by atoms with E-state index in [1.807, 2.05) is 12.1 Å². The molecule has 2 aliphatic heterocycles. The first-order valence-corrected chi connectivity index (χ1v) is 14.7. The van der Waals surface area contributed by atoms with Crippen molar-refractivity contribution in [2.45, 2.75) is 49.5 Å². The summed E-state index contributed by atoms with van der Waals surface area (Å²) in [5, 5.41) is 12.3. The smallest absolute Gasteiger partial charge is 0.335 e. The predicted octanol–water partition coefficient (Wildman–Crippen LogP) is 4.74. The molecule has 1 amide bonds. The van der Waals surface area contributed by atoms with Gasteiger partial charge in [0.25, 0.3) is 0 Å². The Labute approximate surface area is 232 Å². The second-order valence-corrected chi connectivity index (χ2v) is 13.4. The summed E-state index contributed by atoms with van der Waals surface area (Å²) >= 11 is 9.75.